The summed E-state index contributed by atoms with van der Waals surface area (Å²) < 4.78 is 1.63. The van der Waals surface area contributed by atoms with E-state index >= 15 is 0 Å². The number of hydrogen-bond donors (Lipinski definition) is 0. The van der Waals surface area contributed by atoms with Crippen LogP contribution >= 0.6 is 0 Å². The minimum atomic E-state index is 1.22. The average molecular weight is 400 g/mol. The molecule has 0 saturated carbocycles. The van der Waals surface area contributed by atoms with Gasteiger partial charge in [-0.2, -0.15) is 15.8 Å². The Morgan fingerprint density at radius 1 is 1.12 bits per heavy atom. The fourth-order valence-corrected chi connectivity index (χ4v) is 1.96. The van der Waals surface area contributed by atoms with Gasteiger partial charge in [-0.15, -0.1) is 0 Å². The van der Waals surface area contributed by atoms with E-state index in [9.17, 15) is 0 Å². The fourth-order valence-electron chi connectivity index (χ4n) is 0.847. The van der Waals surface area contributed by atoms with E-state index in [0.717, 1.165) is 0 Å². The second-order valence-electron chi connectivity index (χ2n) is 2.58. The number of allylic oxidation sites excluding steroid dienone is 4. The molecule has 0 aromatic carbocycles. The Morgan fingerprint density at radius 3 is 1.59 bits per heavy atom. The summed E-state index contributed by atoms with van der Waals surface area (Å²) in [5.41, 5.74) is 1.57. The maximum absolute atomic E-state index is 7.32. The molecular formula is C13H18N3W. The van der Waals surface area contributed by atoms with Crippen LogP contribution in [0.25, 0.3) is 0 Å². The van der Waals surface area contributed by atoms with Crippen molar-refractivity contribution >= 4 is 0 Å². The van der Waals surface area contributed by atoms with Gasteiger partial charge in [-0.05, 0) is 0 Å². The molecule has 0 radical (unpaired) electrons. The Balaban J connectivity index is -0.000000184. The summed E-state index contributed by atoms with van der Waals surface area (Å²) in [5, 5.41) is 22.0. The molecule has 0 aromatic rings. The van der Waals surface area contributed by atoms with Gasteiger partial charge in [-0.1, -0.05) is 0 Å². The second-order valence-corrected chi connectivity index (χ2v) is 4.35. The van der Waals surface area contributed by atoms with Crippen LogP contribution in [-0.4, -0.2) is 0 Å². The van der Waals surface area contributed by atoms with Crippen LogP contribution in [0.4, 0.5) is 0 Å². The van der Waals surface area contributed by atoms with Crippen LogP contribution in [-0.2, 0) is 19.8 Å². The van der Waals surface area contributed by atoms with Crippen molar-refractivity contribution in [2.45, 2.75) is 40.5 Å². The molecule has 0 bridgehead atoms. The van der Waals surface area contributed by atoms with Crippen LogP contribution in [0.1, 0.15) is 40.5 Å². The summed E-state index contributed by atoms with van der Waals surface area (Å²) in [5.74, 6) is 0. The Morgan fingerprint density at radius 2 is 1.47 bits per heavy atom. The molecule has 1 aliphatic carbocycles. The van der Waals surface area contributed by atoms with Crippen LogP contribution < -0.4 is 0 Å². The van der Waals surface area contributed by atoms with E-state index in [1.165, 1.54) is 33.6 Å². The molecule has 0 heterocycles. The van der Waals surface area contributed by atoms with Gasteiger partial charge in [0.25, 0.3) is 0 Å². The molecule has 1 rings (SSSR count). The molecule has 4 heteroatoms. The average Bonchev–Trinajstić information content (AvgIpc) is 2.67. The second kappa shape index (κ2) is 20.1. The first-order chi connectivity index (χ1) is 8.09. The zero-order valence-corrected chi connectivity index (χ0v) is 13.8. The van der Waals surface area contributed by atoms with Crippen LogP contribution in [0, 0.1) is 34.0 Å². The van der Waals surface area contributed by atoms with Gasteiger partial charge in [0.2, 0.25) is 0 Å². The van der Waals surface area contributed by atoms with Crippen molar-refractivity contribution in [2.75, 3.05) is 0 Å². The van der Waals surface area contributed by atoms with E-state index in [0.29, 0.717) is 0 Å². The van der Waals surface area contributed by atoms with Crippen molar-refractivity contribution in [3.63, 3.8) is 0 Å². The zero-order chi connectivity index (χ0) is 14.1. The molecule has 0 saturated heterocycles. The molecule has 0 aliphatic heterocycles. The van der Waals surface area contributed by atoms with Crippen LogP contribution in [0.15, 0.2) is 21.7 Å². The molecular weight excluding hydrogens is 382 g/mol. The fraction of sp³-hybridized carbons (Fsp3) is 0.462. The van der Waals surface area contributed by atoms with Crippen LogP contribution in [0.2, 0.25) is 0 Å². The van der Waals surface area contributed by atoms with Crippen molar-refractivity contribution in [1.82, 2.24) is 0 Å². The first kappa shape index (κ1) is 21.0. The van der Waals surface area contributed by atoms with Gasteiger partial charge in [0, 0.05) is 20.8 Å². The molecule has 0 aromatic heterocycles. The monoisotopic (exact) mass is 400 g/mol. The van der Waals surface area contributed by atoms with Crippen molar-refractivity contribution in [3.05, 3.63) is 21.7 Å². The molecule has 91 valence electrons. The first-order valence-corrected chi connectivity index (χ1v) is 6.54. The van der Waals surface area contributed by atoms with E-state index < -0.39 is 0 Å². The Bertz CT molecular complexity index is 320. The van der Waals surface area contributed by atoms with E-state index in [4.69, 9.17) is 15.8 Å². The minimum absolute atomic E-state index is 1.22. The predicted molar refractivity (Wildman–Crippen MR) is 64.9 cm³/mol. The number of hydrogen-bond acceptors (Lipinski definition) is 3. The number of rotatable bonds is 1. The maximum atomic E-state index is 7.32. The number of nitrogens with zero attached hydrogens (tertiary/aromatic N) is 3. The van der Waals surface area contributed by atoms with E-state index in [2.05, 4.69) is 19.1 Å². The Labute approximate surface area is 116 Å². The molecule has 0 unspecified atom stereocenters. The van der Waals surface area contributed by atoms with Crippen molar-refractivity contribution in [1.29, 1.82) is 15.8 Å². The summed E-state index contributed by atoms with van der Waals surface area (Å²) in [4.78, 5) is 0. The topological polar surface area (TPSA) is 71.4 Å². The van der Waals surface area contributed by atoms with Crippen molar-refractivity contribution in [3.8, 4) is 18.2 Å². The van der Waals surface area contributed by atoms with E-state index in [1.807, 2.05) is 0 Å². The predicted octanol–water partition coefficient (Wildman–Crippen LogP) is 3.75. The molecule has 17 heavy (non-hydrogen) atoms. The summed E-state index contributed by atoms with van der Waals surface area (Å²) in [6.45, 7) is 6.51. The number of nitriles is 3. The van der Waals surface area contributed by atoms with Gasteiger partial charge < -0.3 is 0 Å². The standard InChI is InChI=1S/C7H9.3C2H3N.W/c1-2-7-5-3-4-6-7;3*1-2-3;/h3,5H,2,4H2,1H3;3*1H3;. The normalized spacial score (nSPS) is 9.94. The third-order valence-corrected chi connectivity index (χ3v) is 2.90. The van der Waals surface area contributed by atoms with E-state index in [-0.39, 0.29) is 0 Å². The van der Waals surface area contributed by atoms with Crippen LogP contribution in [0.3, 0.4) is 0 Å². The van der Waals surface area contributed by atoms with Gasteiger partial charge in [-0.25, -0.2) is 0 Å². The summed E-state index contributed by atoms with van der Waals surface area (Å²) in [6.07, 6.45) is 6.94. The summed E-state index contributed by atoms with van der Waals surface area (Å²) >= 11 is 1.64. The third kappa shape index (κ3) is 20.7. The third-order valence-electron chi connectivity index (χ3n) is 1.36. The van der Waals surface area contributed by atoms with Gasteiger partial charge in [0.1, 0.15) is 0 Å². The van der Waals surface area contributed by atoms with Crippen molar-refractivity contribution < 1.29 is 19.8 Å². The quantitative estimate of drug-likeness (QED) is 0.673. The Hall–Kier alpha value is -1.36. The van der Waals surface area contributed by atoms with E-state index in [1.54, 1.807) is 47.6 Å². The molecule has 0 amide bonds. The van der Waals surface area contributed by atoms with Crippen molar-refractivity contribution in [2.24, 2.45) is 0 Å². The summed E-state index contributed by atoms with van der Waals surface area (Å²) in [7, 11) is 0. The molecule has 0 fully saturated rings. The zero-order valence-electron chi connectivity index (χ0n) is 10.8. The molecule has 0 spiro atoms. The van der Waals surface area contributed by atoms with Gasteiger partial charge in [0.05, 0.1) is 18.2 Å². The first-order valence-electron chi connectivity index (χ1n) is 5.07. The summed E-state index contributed by atoms with van der Waals surface area (Å²) in [6, 6.07) is 5.25. The van der Waals surface area contributed by atoms with Gasteiger partial charge in [0.15, 0.2) is 0 Å². The SMILES string of the molecule is CC#N.CC#N.CC#N.CCC1=[C]([W])CC=C1. The Kier molecular flexibility index (Phi) is 24.8. The molecule has 0 N–H and O–H groups in total. The van der Waals surface area contributed by atoms with Gasteiger partial charge >= 0.3 is 61.3 Å². The molecule has 3 nitrogen and oxygen atoms in total. The molecule has 1 aliphatic rings. The molecule has 0 atom stereocenters. The van der Waals surface area contributed by atoms with Crippen LogP contribution in [0.5, 0.6) is 0 Å². The van der Waals surface area contributed by atoms with Gasteiger partial charge in [-0.3, -0.25) is 0 Å².